The van der Waals surface area contributed by atoms with Gasteiger partial charge in [-0.3, -0.25) is 9.59 Å². The van der Waals surface area contributed by atoms with Crippen LogP contribution in [0.25, 0.3) is 0 Å². The van der Waals surface area contributed by atoms with Gasteiger partial charge < -0.3 is 28.4 Å². The molecule has 0 aromatic heterocycles. The van der Waals surface area contributed by atoms with E-state index < -0.39 is 0 Å². The lowest BCUT2D eigenvalue weighted by Crippen LogP contribution is -2.62. The van der Waals surface area contributed by atoms with Gasteiger partial charge in [-0.1, -0.05) is 62.3 Å². The summed E-state index contributed by atoms with van der Waals surface area (Å²) in [5.74, 6) is 2.89. The van der Waals surface area contributed by atoms with Crippen molar-refractivity contribution in [1.82, 2.24) is 0 Å². The third kappa shape index (κ3) is 6.44. The maximum atomic E-state index is 13.5. The molecule has 6 rings (SSSR count). The molecule has 6 fully saturated rings. The number of hydrogen-bond donors (Lipinski definition) is 0. The minimum absolute atomic E-state index is 0.00400. The number of Topliss-reactive ketones (excluding diaryl/α,β-unsaturated/α-hetero) is 2. The predicted octanol–water partition coefficient (Wildman–Crippen LogP) is 8.53. The summed E-state index contributed by atoms with van der Waals surface area (Å²) in [5.41, 5.74) is -0.260. The molecule has 8 heteroatoms. The lowest BCUT2D eigenvalue weighted by molar-refractivity contribution is -0.218. The summed E-state index contributed by atoms with van der Waals surface area (Å²) in [6, 6.07) is 0. The van der Waals surface area contributed by atoms with Gasteiger partial charge in [-0.05, 0) is 98.7 Å². The van der Waals surface area contributed by atoms with Gasteiger partial charge in [-0.15, -0.1) is 0 Å². The zero-order valence-corrected chi connectivity index (χ0v) is 34.6. The van der Waals surface area contributed by atoms with E-state index in [0.717, 1.165) is 57.8 Å². The normalized spacial score (nSPS) is 49.1. The Morgan fingerprint density at radius 2 is 1.04 bits per heavy atom. The molecule has 6 saturated carbocycles. The molecule has 8 nitrogen and oxygen atoms in total. The molecule has 0 N–H and O–H groups in total. The van der Waals surface area contributed by atoms with Crippen molar-refractivity contribution in [3.63, 3.8) is 0 Å². The van der Waals surface area contributed by atoms with Gasteiger partial charge in [0.15, 0.2) is 0 Å². The van der Waals surface area contributed by atoms with Crippen molar-refractivity contribution in [2.24, 2.45) is 68.5 Å². The second-order valence-corrected chi connectivity index (χ2v) is 19.2. The molecule has 0 aromatic rings. The number of ketones is 2. The maximum absolute atomic E-state index is 13.5. The van der Waals surface area contributed by atoms with Crippen LogP contribution in [-0.4, -0.2) is 78.0 Å². The summed E-state index contributed by atoms with van der Waals surface area (Å²) in [6.45, 7) is 20.8. The Morgan fingerprint density at radius 1 is 0.608 bits per heavy atom. The third-order valence-electron chi connectivity index (χ3n) is 17.0. The summed E-state index contributed by atoms with van der Waals surface area (Å²) >= 11 is 0. The van der Waals surface area contributed by atoms with E-state index >= 15 is 0 Å². The lowest BCUT2D eigenvalue weighted by Gasteiger charge is -2.62. The number of methoxy groups -OCH3 is 4. The van der Waals surface area contributed by atoms with Gasteiger partial charge in [0.05, 0.1) is 24.4 Å². The molecular weight excluding hydrogens is 644 g/mol. The number of carbonyl (C=O) groups excluding carboxylic acids is 2. The molecule has 0 amide bonds. The summed E-state index contributed by atoms with van der Waals surface area (Å²) < 4.78 is 35.1. The average Bonchev–Trinajstić information content (AvgIpc) is 3.71. The Kier molecular flexibility index (Phi) is 12.4. The third-order valence-corrected chi connectivity index (χ3v) is 17.0. The van der Waals surface area contributed by atoms with E-state index in [1.165, 1.54) is 6.42 Å². The van der Waals surface area contributed by atoms with Crippen LogP contribution in [0, 0.1) is 68.5 Å². The van der Waals surface area contributed by atoms with E-state index in [2.05, 4.69) is 62.3 Å². The van der Waals surface area contributed by atoms with E-state index in [4.69, 9.17) is 28.4 Å². The van der Waals surface area contributed by atoms with E-state index in [1.807, 2.05) is 14.2 Å². The monoisotopic (exact) mass is 719 g/mol. The molecule has 294 valence electrons. The van der Waals surface area contributed by atoms with Crippen LogP contribution in [0.5, 0.6) is 0 Å². The molecule has 15 atom stereocenters. The van der Waals surface area contributed by atoms with E-state index in [9.17, 15) is 9.59 Å². The van der Waals surface area contributed by atoms with Crippen LogP contribution in [0.4, 0.5) is 0 Å². The van der Waals surface area contributed by atoms with Gasteiger partial charge in [0.25, 0.3) is 0 Å². The summed E-state index contributed by atoms with van der Waals surface area (Å²) in [6.07, 6.45) is 10.9. The Balaban J connectivity index is 0.000000198. The van der Waals surface area contributed by atoms with Gasteiger partial charge in [0.1, 0.15) is 25.2 Å². The highest BCUT2D eigenvalue weighted by molar-refractivity contribution is 5.87. The van der Waals surface area contributed by atoms with Crippen LogP contribution in [0.2, 0.25) is 0 Å². The van der Waals surface area contributed by atoms with Gasteiger partial charge >= 0.3 is 0 Å². The molecular formula is C43H74O8. The van der Waals surface area contributed by atoms with Crippen LogP contribution in [0.15, 0.2) is 0 Å². The van der Waals surface area contributed by atoms with Crippen LogP contribution < -0.4 is 0 Å². The predicted molar refractivity (Wildman–Crippen MR) is 199 cm³/mol. The smallest absolute Gasteiger partial charge is 0.146 e. The zero-order valence-electron chi connectivity index (χ0n) is 34.6. The summed E-state index contributed by atoms with van der Waals surface area (Å²) in [5, 5.41) is 0. The van der Waals surface area contributed by atoms with Crippen molar-refractivity contribution in [3.05, 3.63) is 0 Å². The topological polar surface area (TPSA) is 89.5 Å². The largest absolute Gasteiger partial charge is 0.381 e. The Labute approximate surface area is 310 Å². The number of hydrogen-bond acceptors (Lipinski definition) is 8. The minimum atomic E-state index is -0.376. The number of rotatable bonds is 8. The molecule has 0 aliphatic heterocycles. The molecule has 0 radical (unpaired) electrons. The molecule has 4 unspecified atom stereocenters. The van der Waals surface area contributed by atoms with Crippen molar-refractivity contribution in [2.75, 3.05) is 42.0 Å². The Hall–Kier alpha value is -0.900. The highest BCUT2D eigenvalue weighted by Crippen LogP contribution is 2.70. The molecule has 0 aromatic carbocycles. The second-order valence-electron chi connectivity index (χ2n) is 19.2. The maximum Gasteiger partial charge on any atom is 0.146 e. The van der Waals surface area contributed by atoms with Gasteiger partial charge in [-0.25, -0.2) is 0 Å². The van der Waals surface area contributed by atoms with Crippen molar-refractivity contribution in [2.45, 2.75) is 151 Å². The fraction of sp³-hybridized carbons (Fsp3) is 0.953. The molecule has 6 aliphatic carbocycles. The Bertz CT molecular complexity index is 1240. The number of carbonyl (C=O) groups is 2. The molecule has 6 aliphatic rings. The van der Waals surface area contributed by atoms with Gasteiger partial charge in [0.2, 0.25) is 0 Å². The standard InChI is InChI=1S/C22H38O4.C21H36O4/c1-14-8-10-22-11-9-16(25-7)18(22)21(14,5)17(26-13-24-6)12-20(3,4)19(23)15(22)2;1-13-11-17(25-12-23-5)20(4)14(2)7-9-21(15(3)18(13)22)10-8-16(24-6)19(20)21/h14-18H,8-13H2,1-7H3;13-17,19H,7-12H2,1-6H3/t14-,15+,16-,17-,18?,21+,22?;13-,14+,15-,16+,17+,19?,20-,21?/m10/s1. The molecule has 0 saturated heterocycles. The van der Waals surface area contributed by atoms with Gasteiger partial charge in [-0.2, -0.15) is 0 Å². The van der Waals surface area contributed by atoms with Gasteiger partial charge in [0, 0.05) is 62.4 Å². The first-order chi connectivity index (χ1) is 24.0. The highest BCUT2D eigenvalue weighted by atomic mass is 16.7. The van der Waals surface area contributed by atoms with Crippen molar-refractivity contribution in [1.29, 1.82) is 0 Å². The highest BCUT2D eigenvalue weighted by Gasteiger charge is 2.69. The SMILES string of the molecule is COCO[C@@H]1CC(C)(C)C(=O)[C@H](C)C23CC[C@@H](C)[C@]1(C)C2[C@H](OC)CC3.COCO[C@@H]1C[C@H](C)C(=O)[C@H](C)C23CC[C@@H](C)[C@]1(C)C2[C@H](OC)CC3. The summed E-state index contributed by atoms with van der Waals surface area (Å²) in [7, 11) is 7.02. The van der Waals surface area contributed by atoms with Crippen LogP contribution in [-0.2, 0) is 38.0 Å². The van der Waals surface area contributed by atoms with Crippen molar-refractivity contribution >= 4 is 11.6 Å². The van der Waals surface area contributed by atoms with Crippen LogP contribution in [0.1, 0.15) is 127 Å². The first-order valence-corrected chi connectivity index (χ1v) is 20.3. The molecule has 0 spiro atoms. The van der Waals surface area contributed by atoms with E-state index in [1.54, 1.807) is 14.2 Å². The zero-order chi connectivity index (χ0) is 37.7. The lowest BCUT2D eigenvalue weighted by atomic mass is 9.44. The van der Waals surface area contributed by atoms with Crippen LogP contribution >= 0.6 is 0 Å². The van der Waals surface area contributed by atoms with Crippen molar-refractivity contribution < 1.29 is 38.0 Å². The van der Waals surface area contributed by atoms with Crippen LogP contribution in [0.3, 0.4) is 0 Å². The first kappa shape index (κ1) is 41.3. The second kappa shape index (κ2) is 15.3. The Morgan fingerprint density at radius 3 is 1.51 bits per heavy atom. The van der Waals surface area contributed by atoms with Crippen molar-refractivity contribution in [3.8, 4) is 0 Å². The van der Waals surface area contributed by atoms with E-state index in [-0.39, 0.29) is 76.0 Å². The molecule has 0 heterocycles. The average molecular weight is 719 g/mol. The first-order valence-electron chi connectivity index (χ1n) is 20.3. The number of ether oxygens (including phenoxy) is 6. The fourth-order valence-electron chi connectivity index (χ4n) is 13.8. The minimum Gasteiger partial charge on any atom is -0.381 e. The summed E-state index contributed by atoms with van der Waals surface area (Å²) in [4.78, 5) is 26.7. The molecule has 4 bridgehead atoms. The van der Waals surface area contributed by atoms with E-state index in [0.29, 0.717) is 42.0 Å². The fourth-order valence-corrected chi connectivity index (χ4v) is 13.8. The quantitative estimate of drug-likeness (QED) is 0.231. The molecule has 51 heavy (non-hydrogen) atoms.